The Bertz CT molecular complexity index is 836. The normalized spacial score (nSPS) is 15.8. The number of nitrogens with zero attached hydrogens (tertiary/aromatic N) is 3. The topological polar surface area (TPSA) is 54.0 Å². The highest BCUT2D eigenvalue weighted by atomic mass is 16.5. The van der Waals surface area contributed by atoms with E-state index in [-0.39, 0.29) is 0 Å². The predicted octanol–water partition coefficient (Wildman–Crippen LogP) is 3.66. The van der Waals surface area contributed by atoms with Gasteiger partial charge in [0.1, 0.15) is 11.3 Å². The molecule has 0 bridgehead atoms. The van der Waals surface area contributed by atoms with Crippen molar-refractivity contribution in [1.82, 2.24) is 15.2 Å². The first kappa shape index (κ1) is 15.0. The van der Waals surface area contributed by atoms with Crippen LogP contribution in [0.4, 0.5) is 5.69 Å². The van der Waals surface area contributed by atoms with Gasteiger partial charge in [0.2, 0.25) is 0 Å². The summed E-state index contributed by atoms with van der Waals surface area (Å²) in [4.78, 5) is 7.09. The molecule has 2 aromatic heterocycles. The second-order valence-electron chi connectivity index (χ2n) is 6.42. The summed E-state index contributed by atoms with van der Waals surface area (Å²) in [7, 11) is 1.70. The van der Waals surface area contributed by atoms with E-state index in [9.17, 15) is 0 Å². The molecule has 0 amide bonds. The molecule has 0 radical (unpaired) electrons. The lowest BCUT2D eigenvalue weighted by atomic mass is 9.93. The number of fused-ring (bicyclic) bond motifs is 1. The van der Waals surface area contributed by atoms with Gasteiger partial charge in [-0.05, 0) is 37.5 Å². The van der Waals surface area contributed by atoms with Crippen LogP contribution in [0.2, 0.25) is 0 Å². The van der Waals surface area contributed by atoms with Gasteiger partial charge in [-0.1, -0.05) is 12.1 Å². The number of ether oxygens (including phenoxy) is 1. The number of pyridine rings is 1. The minimum atomic E-state index is 0.576. The van der Waals surface area contributed by atoms with Crippen LogP contribution in [-0.2, 0) is 0 Å². The fraction of sp³-hybridized carbons (Fsp3) is 0.368. The van der Waals surface area contributed by atoms with Crippen LogP contribution in [0.3, 0.4) is 0 Å². The van der Waals surface area contributed by atoms with E-state index in [1.165, 1.54) is 22.3 Å². The fourth-order valence-electron chi connectivity index (χ4n) is 3.77. The van der Waals surface area contributed by atoms with E-state index in [1.807, 2.05) is 24.5 Å². The average molecular weight is 322 g/mol. The van der Waals surface area contributed by atoms with Crippen LogP contribution < -0.4 is 9.64 Å². The smallest absolute Gasteiger partial charge is 0.145 e. The number of anilines is 1. The maximum atomic E-state index is 5.48. The number of aromatic amines is 1. The number of nitrogens with one attached hydrogen (secondary N) is 1. The van der Waals surface area contributed by atoms with Crippen molar-refractivity contribution in [3.63, 3.8) is 0 Å². The molecule has 1 aromatic carbocycles. The second kappa shape index (κ2) is 6.15. The molecular weight excluding hydrogens is 300 g/mol. The van der Waals surface area contributed by atoms with Crippen LogP contribution in [0.15, 0.2) is 36.7 Å². The fourth-order valence-corrected chi connectivity index (χ4v) is 3.77. The van der Waals surface area contributed by atoms with E-state index in [0.717, 1.165) is 37.2 Å². The van der Waals surface area contributed by atoms with Gasteiger partial charge in [-0.15, -0.1) is 0 Å². The number of aryl methyl sites for hydroxylation is 1. The third-order valence-corrected chi connectivity index (χ3v) is 5.01. The first-order valence-electron chi connectivity index (χ1n) is 8.44. The molecule has 1 N–H and O–H groups in total. The largest absolute Gasteiger partial charge is 0.494 e. The molecule has 5 nitrogen and oxygen atoms in total. The van der Waals surface area contributed by atoms with Crippen LogP contribution in [0, 0.1) is 6.92 Å². The van der Waals surface area contributed by atoms with Gasteiger partial charge in [0.25, 0.3) is 0 Å². The van der Waals surface area contributed by atoms with Crippen LogP contribution in [0.1, 0.15) is 30.0 Å². The Balaban J connectivity index is 1.66. The molecule has 0 spiro atoms. The SMILES string of the molecule is COc1cccc2c(N3CCC(c4ccn[nH]4)CC3)c(C)cnc12. The van der Waals surface area contributed by atoms with E-state index < -0.39 is 0 Å². The zero-order valence-corrected chi connectivity index (χ0v) is 14.1. The Morgan fingerprint density at radius 1 is 1.21 bits per heavy atom. The quantitative estimate of drug-likeness (QED) is 0.799. The highest BCUT2D eigenvalue weighted by Crippen LogP contribution is 2.36. The number of H-pyrrole nitrogens is 1. The van der Waals surface area contributed by atoms with Crippen LogP contribution in [0.5, 0.6) is 5.75 Å². The molecule has 3 heterocycles. The van der Waals surface area contributed by atoms with Gasteiger partial charge in [0.05, 0.1) is 12.8 Å². The van der Waals surface area contributed by atoms with Crippen molar-refractivity contribution in [1.29, 1.82) is 0 Å². The monoisotopic (exact) mass is 322 g/mol. The van der Waals surface area contributed by atoms with Crippen molar-refractivity contribution in [3.8, 4) is 5.75 Å². The average Bonchev–Trinajstić information content (AvgIpc) is 3.16. The van der Waals surface area contributed by atoms with E-state index in [1.54, 1.807) is 7.11 Å². The Kier molecular flexibility index (Phi) is 3.84. The van der Waals surface area contributed by atoms with Gasteiger partial charge in [0, 0.05) is 42.5 Å². The van der Waals surface area contributed by atoms with Gasteiger partial charge in [-0.3, -0.25) is 10.1 Å². The summed E-state index contributed by atoms with van der Waals surface area (Å²) in [5.74, 6) is 1.41. The highest BCUT2D eigenvalue weighted by molar-refractivity contribution is 5.96. The third kappa shape index (κ3) is 2.50. The van der Waals surface area contributed by atoms with Crippen LogP contribution in [-0.4, -0.2) is 35.4 Å². The number of piperidine rings is 1. The summed E-state index contributed by atoms with van der Waals surface area (Å²) < 4.78 is 5.48. The number of hydrogen-bond donors (Lipinski definition) is 1. The summed E-state index contributed by atoms with van der Waals surface area (Å²) in [6.07, 6.45) is 6.07. The zero-order chi connectivity index (χ0) is 16.5. The summed E-state index contributed by atoms with van der Waals surface area (Å²) >= 11 is 0. The second-order valence-corrected chi connectivity index (χ2v) is 6.42. The first-order valence-corrected chi connectivity index (χ1v) is 8.44. The number of benzene rings is 1. The molecule has 4 rings (SSSR count). The van der Waals surface area contributed by atoms with E-state index >= 15 is 0 Å². The highest BCUT2D eigenvalue weighted by Gasteiger charge is 2.24. The first-order chi connectivity index (χ1) is 11.8. The number of hydrogen-bond acceptors (Lipinski definition) is 4. The molecule has 1 aliphatic heterocycles. The molecule has 1 saturated heterocycles. The predicted molar refractivity (Wildman–Crippen MR) is 95.8 cm³/mol. The maximum absolute atomic E-state index is 5.48. The molecule has 0 atom stereocenters. The van der Waals surface area contributed by atoms with Crippen molar-refractivity contribution in [2.24, 2.45) is 0 Å². The Morgan fingerprint density at radius 3 is 2.75 bits per heavy atom. The van der Waals surface area contributed by atoms with Gasteiger partial charge in [0.15, 0.2) is 0 Å². The molecule has 0 unspecified atom stereocenters. The summed E-state index contributed by atoms with van der Waals surface area (Å²) in [5.41, 5.74) is 4.71. The maximum Gasteiger partial charge on any atom is 0.145 e. The molecule has 0 aliphatic carbocycles. The molecule has 124 valence electrons. The summed E-state index contributed by atoms with van der Waals surface area (Å²) in [5, 5.41) is 8.39. The Labute approximate surface area is 141 Å². The van der Waals surface area contributed by atoms with Crippen LogP contribution in [0.25, 0.3) is 10.9 Å². The summed E-state index contributed by atoms with van der Waals surface area (Å²) in [6, 6.07) is 8.26. The Hall–Kier alpha value is -2.56. The molecule has 24 heavy (non-hydrogen) atoms. The molecule has 5 heteroatoms. The lowest BCUT2D eigenvalue weighted by molar-refractivity contribution is 0.419. The van der Waals surface area contributed by atoms with Crippen molar-refractivity contribution in [2.45, 2.75) is 25.7 Å². The number of aromatic nitrogens is 3. The minimum absolute atomic E-state index is 0.576. The van der Waals surface area contributed by atoms with Gasteiger partial charge >= 0.3 is 0 Å². The molecule has 0 saturated carbocycles. The molecular formula is C19H22N4O. The van der Waals surface area contributed by atoms with Gasteiger partial charge in [-0.25, -0.2) is 0 Å². The van der Waals surface area contributed by atoms with Crippen molar-refractivity contribution in [3.05, 3.63) is 47.9 Å². The summed E-state index contributed by atoms with van der Waals surface area (Å²) in [6.45, 7) is 4.23. The van der Waals surface area contributed by atoms with Crippen molar-refractivity contribution >= 4 is 16.6 Å². The van der Waals surface area contributed by atoms with Crippen molar-refractivity contribution in [2.75, 3.05) is 25.1 Å². The van der Waals surface area contributed by atoms with E-state index in [2.05, 4.69) is 39.1 Å². The van der Waals surface area contributed by atoms with Gasteiger partial charge in [-0.2, -0.15) is 5.10 Å². The number of rotatable bonds is 3. The van der Waals surface area contributed by atoms with Gasteiger partial charge < -0.3 is 9.64 Å². The van der Waals surface area contributed by atoms with E-state index in [0.29, 0.717) is 5.92 Å². The molecule has 1 fully saturated rings. The standard InChI is InChI=1S/C19H22N4O/c1-13-12-20-18-15(4-3-5-17(18)24-2)19(13)23-10-7-14(8-11-23)16-6-9-21-22-16/h3-6,9,12,14H,7-8,10-11H2,1-2H3,(H,21,22). The van der Waals surface area contributed by atoms with Crippen LogP contribution >= 0.6 is 0 Å². The number of para-hydroxylation sites is 1. The minimum Gasteiger partial charge on any atom is -0.494 e. The zero-order valence-electron chi connectivity index (χ0n) is 14.1. The molecule has 1 aliphatic rings. The molecule has 3 aromatic rings. The third-order valence-electron chi connectivity index (χ3n) is 5.01. The Morgan fingerprint density at radius 2 is 2.04 bits per heavy atom. The lowest BCUT2D eigenvalue weighted by Crippen LogP contribution is -2.33. The van der Waals surface area contributed by atoms with E-state index in [4.69, 9.17) is 4.74 Å². The lowest BCUT2D eigenvalue weighted by Gasteiger charge is -2.34. The van der Waals surface area contributed by atoms with Crippen molar-refractivity contribution < 1.29 is 4.74 Å². The number of methoxy groups -OCH3 is 1.